The summed E-state index contributed by atoms with van der Waals surface area (Å²) < 4.78 is 0.630. The predicted molar refractivity (Wildman–Crippen MR) is 54.2 cm³/mol. The molecule has 0 radical (unpaired) electrons. The van der Waals surface area contributed by atoms with E-state index in [9.17, 15) is 4.79 Å². The number of aliphatic imine (C=N–C) groups is 1. The minimum atomic E-state index is 0.571. The van der Waals surface area contributed by atoms with E-state index in [1.807, 2.05) is 23.5 Å². The molecule has 1 saturated heterocycles. The summed E-state index contributed by atoms with van der Waals surface area (Å²) in [5.74, 6) is 4.25. The van der Waals surface area contributed by atoms with Crippen molar-refractivity contribution in [2.24, 2.45) is 4.99 Å². The van der Waals surface area contributed by atoms with Crippen molar-refractivity contribution in [3.8, 4) is 0 Å². The summed E-state index contributed by atoms with van der Waals surface area (Å²) in [6.07, 6.45) is 1.55. The molecule has 2 nitrogen and oxygen atoms in total. The highest BCUT2D eigenvalue weighted by atomic mass is 32.2. The topological polar surface area (TPSA) is 29.4 Å². The predicted octanol–water partition coefficient (Wildman–Crippen LogP) is 1.82. The summed E-state index contributed by atoms with van der Waals surface area (Å²) in [4.78, 5) is 13.2. The van der Waals surface area contributed by atoms with Crippen LogP contribution in [0.1, 0.15) is 0 Å². The maximum atomic E-state index is 9.73. The summed E-state index contributed by atoms with van der Waals surface area (Å²) in [6, 6.07) is 0. The van der Waals surface area contributed by atoms with Gasteiger partial charge in [-0.2, -0.15) is 16.8 Å². The van der Waals surface area contributed by atoms with Crippen LogP contribution in [-0.4, -0.2) is 33.8 Å². The van der Waals surface area contributed by atoms with Gasteiger partial charge in [-0.25, -0.2) is 4.79 Å². The highest BCUT2D eigenvalue weighted by Crippen LogP contribution is 2.31. The van der Waals surface area contributed by atoms with Gasteiger partial charge in [-0.05, 0) is 0 Å². The SMILES string of the molecule is O=C=NCSC1CSCCS1. The van der Waals surface area contributed by atoms with Gasteiger partial charge < -0.3 is 0 Å². The summed E-state index contributed by atoms with van der Waals surface area (Å²) in [5, 5.41) is 0. The van der Waals surface area contributed by atoms with Crippen LogP contribution < -0.4 is 0 Å². The van der Waals surface area contributed by atoms with Crippen molar-refractivity contribution < 1.29 is 4.79 Å². The molecule has 1 heterocycles. The molecule has 0 aromatic heterocycles. The van der Waals surface area contributed by atoms with E-state index < -0.39 is 0 Å². The fourth-order valence-electron chi connectivity index (χ4n) is 0.709. The average molecular weight is 207 g/mol. The van der Waals surface area contributed by atoms with Gasteiger partial charge in [-0.15, -0.1) is 23.5 Å². The lowest BCUT2D eigenvalue weighted by atomic mass is 10.9. The van der Waals surface area contributed by atoms with Crippen molar-refractivity contribution in [1.82, 2.24) is 0 Å². The molecule has 1 aliphatic heterocycles. The Balaban J connectivity index is 2.09. The Morgan fingerprint density at radius 3 is 3.18 bits per heavy atom. The van der Waals surface area contributed by atoms with Crippen LogP contribution >= 0.6 is 35.3 Å². The van der Waals surface area contributed by atoms with Gasteiger partial charge in [0.15, 0.2) is 0 Å². The number of nitrogens with zero attached hydrogens (tertiary/aromatic N) is 1. The van der Waals surface area contributed by atoms with Crippen molar-refractivity contribution in [3.05, 3.63) is 0 Å². The molecule has 1 fully saturated rings. The molecule has 5 heteroatoms. The minimum Gasteiger partial charge on any atom is -0.211 e. The third-order valence-electron chi connectivity index (χ3n) is 1.17. The van der Waals surface area contributed by atoms with Gasteiger partial charge in [0.2, 0.25) is 6.08 Å². The molecule has 0 amide bonds. The van der Waals surface area contributed by atoms with Crippen molar-refractivity contribution in [1.29, 1.82) is 0 Å². The normalized spacial score (nSPS) is 24.2. The lowest BCUT2D eigenvalue weighted by Gasteiger charge is -2.18. The van der Waals surface area contributed by atoms with Gasteiger partial charge >= 0.3 is 0 Å². The zero-order chi connectivity index (χ0) is 7.94. The standard InChI is InChI=1S/C6H9NOS3/c8-4-7-5-11-6-3-9-1-2-10-6/h6H,1-3,5H2. The maximum absolute atomic E-state index is 9.73. The van der Waals surface area contributed by atoms with Crippen LogP contribution in [0.15, 0.2) is 4.99 Å². The Morgan fingerprint density at radius 2 is 2.55 bits per heavy atom. The lowest BCUT2D eigenvalue weighted by Crippen LogP contribution is -2.09. The first kappa shape index (κ1) is 9.52. The quantitative estimate of drug-likeness (QED) is 0.521. The Hall–Kier alpha value is 0.430. The van der Waals surface area contributed by atoms with E-state index in [1.54, 1.807) is 17.8 Å². The number of carbonyl (C=O) groups excluding carboxylic acids is 1. The first-order valence-corrected chi connectivity index (χ1v) is 6.53. The van der Waals surface area contributed by atoms with Crippen molar-refractivity contribution >= 4 is 41.4 Å². The molecule has 0 bridgehead atoms. The van der Waals surface area contributed by atoms with Gasteiger partial charge in [0, 0.05) is 17.3 Å². The monoisotopic (exact) mass is 207 g/mol. The third kappa shape index (κ3) is 4.11. The molecule has 11 heavy (non-hydrogen) atoms. The first-order chi connectivity index (χ1) is 5.43. The van der Waals surface area contributed by atoms with Gasteiger partial charge in [0.25, 0.3) is 0 Å². The van der Waals surface area contributed by atoms with Gasteiger partial charge in [0.1, 0.15) is 0 Å². The second-order valence-electron chi connectivity index (χ2n) is 1.92. The number of hydrogen-bond donors (Lipinski definition) is 0. The van der Waals surface area contributed by atoms with E-state index in [1.165, 1.54) is 17.3 Å². The number of rotatable bonds is 3. The largest absolute Gasteiger partial charge is 0.235 e. The van der Waals surface area contributed by atoms with Gasteiger partial charge in [0.05, 0.1) is 10.5 Å². The Bertz CT molecular complexity index is 152. The molecule has 0 aliphatic carbocycles. The zero-order valence-corrected chi connectivity index (χ0v) is 8.44. The number of hydrogen-bond acceptors (Lipinski definition) is 5. The summed E-state index contributed by atoms with van der Waals surface area (Å²) >= 11 is 5.68. The summed E-state index contributed by atoms with van der Waals surface area (Å²) in [7, 11) is 0. The molecule has 1 atom stereocenters. The van der Waals surface area contributed by atoms with Crippen LogP contribution in [0, 0.1) is 0 Å². The van der Waals surface area contributed by atoms with Crippen LogP contribution in [0.25, 0.3) is 0 Å². The molecular weight excluding hydrogens is 198 g/mol. The Kier molecular flexibility index (Phi) is 5.19. The lowest BCUT2D eigenvalue weighted by molar-refractivity contribution is 0.564. The molecule has 62 valence electrons. The fourth-order valence-corrected chi connectivity index (χ4v) is 4.68. The molecular formula is C6H9NOS3. The molecule has 0 aromatic rings. The highest BCUT2D eigenvalue weighted by molar-refractivity contribution is 8.19. The van der Waals surface area contributed by atoms with Crippen LogP contribution in [0.5, 0.6) is 0 Å². The number of thioether (sulfide) groups is 3. The summed E-state index contributed by atoms with van der Waals surface area (Å²) in [6.45, 7) is 0. The first-order valence-electron chi connectivity index (χ1n) is 3.28. The maximum Gasteiger partial charge on any atom is 0.235 e. The average Bonchev–Trinajstić information content (AvgIpc) is 2.07. The van der Waals surface area contributed by atoms with Crippen molar-refractivity contribution in [3.63, 3.8) is 0 Å². The van der Waals surface area contributed by atoms with Crippen LogP contribution in [-0.2, 0) is 4.79 Å². The minimum absolute atomic E-state index is 0.571. The van der Waals surface area contributed by atoms with Gasteiger partial charge in [-0.3, -0.25) is 0 Å². The Morgan fingerprint density at radius 1 is 1.64 bits per heavy atom. The highest BCUT2D eigenvalue weighted by Gasteiger charge is 2.13. The van der Waals surface area contributed by atoms with Crippen LogP contribution in [0.4, 0.5) is 0 Å². The van der Waals surface area contributed by atoms with E-state index in [0.29, 0.717) is 10.5 Å². The molecule has 0 N–H and O–H groups in total. The smallest absolute Gasteiger partial charge is 0.211 e. The molecule has 0 spiro atoms. The van der Waals surface area contributed by atoms with Crippen LogP contribution in [0.3, 0.4) is 0 Å². The van der Waals surface area contributed by atoms with Crippen molar-refractivity contribution in [2.75, 3.05) is 23.1 Å². The molecule has 1 rings (SSSR count). The molecule has 0 saturated carbocycles. The molecule has 1 aliphatic rings. The molecule has 1 unspecified atom stereocenters. The van der Waals surface area contributed by atoms with E-state index in [2.05, 4.69) is 4.99 Å². The molecule has 0 aromatic carbocycles. The second kappa shape index (κ2) is 6.00. The third-order valence-corrected chi connectivity index (χ3v) is 5.53. The van der Waals surface area contributed by atoms with Crippen LogP contribution in [0.2, 0.25) is 0 Å². The summed E-state index contributed by atoms with van der Waals surface area (Å²) in [5.41, 5.74) is 0. The van der Waals surface area contributed by atoms with Crippen molar-refractivity contribution in [2.45, 2.75) is 4.58 Å². The fraction of sp³-hybridized carbons (Fsp3) is 0.833. The Labute approximate surface area is 79.0 Å². The van der Waals surface area contributed by atoms with Gasteiger partial charge in [-0.1, -0.05) is 0 Å². The van der Waals surface area contributed by atoms with E-state index in [-0.39, 0.29) is 0 Å². The second-order valence-corrected chi connectivity index (χ2v) is 5.84. The number of isocyanates is 1. The van der Waals surface area contributed by atoms with E-state index in [0.717, 1.165) is 0 Å². The van der Waals surface area contributed by atoms with E-state index >= 15 is 0 Å². The van der Waals surface area contributed by atoms with E-state index in [4.69, 9.17) is 0 Å². The zero-order valence-electron chi connectivity index (χ0n) is 5.99.